The quantitative estimate of drug-likeness (QED) is 0.268. The van der Waals surface area contributed by atoms with Gasteiger partial charge in [0.2, 0.25) is 5.91 Å². The molecule has 28 heavy (non-hydrogen) atoms. The van der Waals surface area contributed by atoms with Crippen LogP contribution in [-0.2, 0) is 9.59 Å². The highest BCUT2D eigenvalue weighted by atomic mass is 16.4. The van der Waals surface area contributed by atoms with Crippen molar-refractivity contribution in [2.45, 2.75) is 78.8 Å². The van der Waals surface area contributed by atoms with Crippen LogP contribution < -0.4 is 21.3 Å². The molecule has 8 nitrogen and oxygen atoms in total. The molecular weight excluding hydrogens is 360 g/mol. The van der Waals surface area contributed by atoms with E-state index in [2.05, 4.69) is 42.0 Å². The van der Waals surface area contributed by atoms with Crippen molar-refractivity contribution in [2.24, 2.45) is 5.41 Å². The van der Waals surface area contributed by atoms with Crippen LogP contribution in [0.15, 0.2) is 0 Å². The van der Waals surface area contributed by atoms with E-state index in [1.807, 2.05) is 20.8 Å². The average Bonchev–Trinajstić information content (AvgIpc) is 2.63. The molecule has 5 N–H and O–H groups in total. The second kappa shape index (κ2) is 12.7. The molecule has 0 aromatic carbocycles. The standard InChI is InChI=1S/C20H40N4O4/c1-7-19(3,4)17(26)15(24-20(5,6)8-2)9-10-16(25)22-13-11-21-12-14-23-18(27)28/h15,21,23-24H,7-14H2,1-6H3,(H,22,25)(H,27,28). The minimum Gasteiger partial charge on any atom is -0.465 e. The topological polar surface area (TPSA) is 120 Å². The van der Waals surface area contributed by atoms with E-state index in [-0.39, 0.29) is 29.7 Å². The van der Waals surface area contributed by atoms with Crippen molar-refractivity contribution in [1.82, 2.24) is 21.3 Å². The van der Waals surface area contributed by atoms with E-state index >= 15 is 0 Å². The van der Waals surface area contributed by atoms with Crippen molar-refractivity contribution in [2.75, 3.05) is 26.2 Å². The fourth-order valence-electron chi connectivity index (χ4n) is 2.53. The monoisotopic (exact) mass is 400 g/mol. The Hall–Kier alpha value is -1.67. The van der Waals surface area contributed by atoms with Gasteiger partial charge < -0.3 is 26.4 Å². The molecule has 0 rings (SSSR count). The van der Waals surface area contributed by atoms with Gasteiger partial charge in [-0.2, -0.15) is 0 Å². The zero-order valence-electron chi connectivity index (χ0n) is 18.4. The van der Waals surface area contributed by atoms with Crippen molar-refractivity contribution >= 4 is 17.8 Å². The third-order valence-electron chi connectivity index (χ3n) is 5.18. The zero-order valence-corrected chi connectivity index (χ0v) is 18.4. The minimum atomic E-state index is -1.05. The summed E-state index contributed by atoms with van der Waals surface area (Å²) in [4.78, 5) is 35.4. The lowest BCUT2D eigenvalue weighted by Crippen LogP contribution is -2.52. The highest BCUT2D eigenvalue weighted by Crippen LogP contribution is 2.25. The van der Waals surface area contributed by atoms with E-state index in [0.717, 1.165) is 12.8 Å². The lowest BCUT2D eigenvalue weighted by Gasteiger charge is -2.34. The summed E-state index contributed by atoms with van der Waals surface area (Å²) < 4.78 is 0. The summed E-state index contributed by atoms with van der Waals surface area (Å²) in [6.07, 6.45) is 1.34. The molecule has 8 heteroatoms. The number of carboxylic acid groups (broad SMARTS) is 1. The SMILES string of the molecule is CCC(C)(C)NC(CCC(=O)NCCNCCNC(=O)O)C(=O)C(C)(C)CC. The molecule has 0 saturated carbocycles. The third kappa shape index (κ3) is 11.2. The van der Waals surface area contributed by atoms with Crippen LogP contribution in [0.1, 0.15) is 67.2 Å². The summed E-state index contributed by atoms with van der Waals surface area (Å²) in [6, 6.07) is -0.351. The Labute approximate surface area is 169 Å². The Balaban J connectivity index is 4.43. The summed E-state index contributed by atoms with van der Waals surface area (Å²) in [7, 11) is 0. The highest BCUT2D eigenvalue weighted by Gasteiger charge is 2.34. The van der Waals surface area contributed by atoms with Crippen LogP contribution in [0.4, 0.5) is 4.79 Å². The lowest BCUT2D eigenvalue weighted by molar-refractivity contribution is -0.130. The molecule has 0 fully saturated rings. The number of rotatable bonds is 15. The Morgan fingerprint density at radius 2 is 1.46 bits per heavy atom. The van der Waals surface area contributed by atoms with Crippen LogP contribution in [0.3, 0.4) is 0 Å². The van der Waals surface area contributed by atoms with E-state index < -0.39 is 11.5 Å². The summed E-state index contributed by atoms with van der Waals surface area (Å²) in [5.41, 5.74) is -0.597. The van der Waals surface area contributed by atoms with Gasteiger partial charge in [-0.15, -0.1) is 0 Å². The van der Waals surface area contributed by atoms with Gasteiger partial charge in [-0.05, 0) is 33.1 Å². The zero-order chi connectivity index (χ0) is 21.8. The van der Waals surface area contributed by atoms with Gasteiger partial charge in [0.05, 0.1) is 6.04 Å². The normalized spacial score (nSPS) is 13.1. The molecule has 0 aromatic heterocycles. The van der Waals surface area contributed by atoms with Crippen LogP contribution in [-0.4, -0.2) is 60.6 Å². The predicted octanol–water partition coefficient (Wildman–Crippen LogP) is 1.89. The number of hydrogen-bond donors (Lipinski definition) is 5. The Bertz CT molecular complexity index is 506. The maximum absolute atomic E-state index is 13.0. The summed E-state index contributed by atoms with van der Waals surface area (Å²) in [6.45, 7) is 13.9. The van der Waals surface area contributed by atoms with Crippen molar-refractivity contribution < 1.29 is 19.5 Å². The highest BCUT2D eigenvalue weighted by molar-refractivity contribution is 5.89. The summed E-state index contributed by atoms with van der Waals surface area (Å²) >= 11 is 0. The molecule has 0 aliphatic heterocycles. The molecule has 1 atom stereocenters. The molecule has 2 amide bonds. The van der Waals surface area contributed by atoms with E-state index in [9.17, 15) is 14.4 Å². The average molecular weight is 401 g/mol. The number of Topliss-reactive ketones (excluding diaryl/α,β-unsaturated/α-hetero) is 1. The Morgan fingerprint density at radius 1 is 0.893 bits per heavy atom. The first-order valence-electron chi connectivity index (χ1n) is 10.2. The molecular formula is C20H40N4O4. The second-order valence-electron chi connectivity index (χ2n) is 8.41. The Morgan fingerprint density at radius 3 is 1.96 bits per heavy atom. The molecule has 0 saturated heterocycles. The largest absolute Gasteiger partial charge is 0.465 e. The molecule has 0 heterocycles. The fraction of sp³-hybridized carbons (Fsp3) is 0.850. The molecule has 0 aliphatic rings. The van der Waals surface area contributed by atoms with Gasteiger partial charge in [0.25, 0.3) is 0 Å². The van der Waals surface area contributed by atoms with Gasteiger partial charge in [0, 0.05) is 43.6 Å². The van der Waals surface area contributed by atoms with Gasteiger partial charge in [0.1, 0.15) is 0 Å². The molecule has 0 spiro atoms. The first kappa shape index (κ1) is 26.3. The number of nitrogens with one attached hydrogen (secondary N) is 4. The first-order valence-corrected chi connectivity index (χ1v) is 10.2. The summed E-state index contributed by atoms with van der Waals surface area (Å²) in [5.74, 6) is 0.0607. The van der Waals surface area contributed by atoms with E-state index in [0.29, 0.717) is 32.6 Å². The molecule has 164 valence electrons. The number of hydrogen-bond acceptors (Lipinski definition) is 5. The molecule has 1 unspecified atom stereocenters. The number of ketones is 1. The Kier molecular flexibility index (Phi) is 12.0. The van der Waals surface area contributed by atoms with Crippen LogP contribution in [0, 0.1) is 5.41 Å². The van der Waals surface area contributed by atoms with Crippen molar-refractivity contribution in [3.05, 3.63) is 0 Å². The molecule has 0 radical (unpaired) electrons. The van der Waals surface area contributed by atoms with Gasteiger partial charge in [-0.3, -0.25) is 9.59 Å². The molecule has 0 aliphatic carbocycles. The van der Waals surface area contributed by atoms with Gasteiger partial charge in [0.15, 0.2) is 5.78 Å². The van der Waals surface area contributed by atoms with Crippen LogP contribution >= 0.6 is 0 Å². The van der Waals surface area contributed by atoms with Gasteiger partial charge >= 0.3 is 6.09 Å². The third-order valence-corrected chi connectivity index (χ3v) is 5.18. The maximum Gasteiger partial charge on any atom is 0.404 e. The number of amides is 2. The predicted molar refractivity (Wildman–Crippen MR) is 112 cm³/mol. The molecule has 0 bridgehead atoms. The van der Waals surface area contributed by atoms with Crippen LogP contribution in [0.25, 0.3) is 0 Å². The fourth-order valence-corrected chi connectivity index (χ4v) is 2.53. The molecule has 0 aromatic rings. The first-order chi connectivity index (χ1) is 12.9. The van der Waals surface area contributed by atoms with Gasteiger partial charge in [-0.25, -0.2) is 4.79 Å². The lowest BCUT2D eigenvalue weighted by atomic mass is 9.80. The van der Waals surface area contributed by atoms with E-state index in [1.165, 1.54) is 0 Å². The van der Waals surface area contributed by atoms with Crippen molar-refractivity contribution in [3.8, 4) is 0 Å². The van der Waals surface area contributed by atoms with Crippen molar-refractivity contribution in [1.29, 1.82) is 0 Å². The van der Waals surface area contributed by atoms with Crippen LogP contribution in [0.5, 0.6) is 0 Å². The number of carbonyl (C=O) groups excluding carboxylic acids is 2. The van der Waals surface area contributed by atoms with Crippen LogP contribution in [0.2, 0.25) is 0 Å². The summed E-state index contributed by atoms with van der Waals surface area (Å²) in [5, 5.41) is 20.0. The maximum atomic E-state index is 13.0. The second-order valence-corrected chi connectivity index (χ2v) is 8.41. The smallest absolute Gasteiger partial charge is 0.404 e. The van der Waals surface area contributed by atoms with E-state index in [4.69, 9.17) is 5.11 Å². The number of carbonyl (C=O) groups is 3. The van der Waals surface area contributed by atoms with Crippen molar-refractivity contribution in [3.63, 3.8) is 0 Å². The van der Waals surface area contributed by atoms with Gasteiger partial charge in [-0.1, -0.05) is 27.7 Å². The minimum absolute atomic E-state index is 0.0892. The van der Waals surface area contributed by atoms with E-state index in [1.54, 1.807) is 0 Å².